The van der Waals surface area contributed by atoms with Gasteiger partial charge in [-0.15, -0.1) is 0 Å². The van der Waals surface area contributed by atoms with Crippen LogP contribution in [0.4, 0.5) is 0 Å². The number of aromatic nitrogens is 2. The zero-order chi connectivity index (χ0) is 9.68. The molecule has 0 saturated carbocycles. The van der Waals surface area contributed by atoms with Crippen LogP contribution in [0.2, 0.25) is 0 Å². The minimum atomic E-state index is 0.596. The highest BCUT2D eigenvalue weighted by molar-refractivity contribution is 9.10. The predicted molar refractivity (Wildman–Crippen MR) is 53.9 cm³/mol. The molecule has 0 bridgehead atoms. The molecule has 0 atom stereocenters. The van der Waals surface area contributed by atoms with E-state index in [1.54, 1.807) is 6.20 Å². The number of nitrogens with one attached hydrogen (secondary N) is 1. The number of rotatable bonds is 4. The molecule has 0 radical (unpaired) electrons. The van der Waals surface area contributed by atoms with E-state index in [-0.39, 0.29) is 0 Å². The third-order valence-corrected chi connectivity index (χ3v) is 1.85. The first-order chi connectivity index (χ1) is 6.24. The molecule has 1 N–H and O–H groups in total. The van der Waals surface area contributed by atoms with Gasteiger partial charge in [-0.3, -0.25) is 0 Å². The Morgan fingerprint density at radius 2 is 2.38 bits per heavy atom. The molecule has 0 aliphatic rings. The summed E-state index contributed by atoms with van der Waals surface area (Å²) >= 11 is 3.24. The molecular weight excluding hydrogens is 234 g/mol. The smallest absolute Gasteiger partial charge is 0.235 e. The van der Waals surface area contributed by atoms with Crippen LogP contribution >= 0.6 is 15.9 Å². The highest BCUT2D eigenvalue weighted by Gasteiger charge is 2.02. The van der Waals surface area contributed by atoms with E-state index in [2.05, 4.69) is 31.2 Å². The lowest BCUT2D eigenvalue weighted by Crippen LogP contribution is -2.16. The van der Waals surface area contributed by atoms with Crippen LogP contribution in [-0.4, -0.2) is 30.2 Å². The first-order valence-corrected chi connectivity index (χ1v) is 4.80. The van der Waals surface area contributed by atoms with E-state index in [0.717, 1.165) is 16.8 Å². The molecule has 1 rings (SSSR count). The highest BCUT2D eigenvalue weighted by Crippen LogP contribution is 2.13. The van der Waals surface area contributed by atoms with Gasteiger partial charge in [0.2, 0.25) is 5.88 Å². The molecule has 0 fully saturated rings. The second-order valence-corrected chi connectivity index (χ2v) is 3.35. The lowest BCUT2D eigenvalue weighted by molar-refractivity contribution is 0.302. The SMILES string of the molecule is CNCCOc1ncc(Br)nc1C. The summed E-state index contributed by atoms with van der Waals surface area (Å²) in [7, 11) is 1.88. The number of halogens is 1. The zero-order valence-electron chi connectivity index (χ0n) is 7.67. The monoisotopic (exact) mass is 245 g/mol. The number of nitrogens with zero attached hydrogens (tertiary/aromatic N) is 2. The van der Waals surface area contributed by atoms with Gasteiger partial charge in [-0.1, -0.05) is 0 Å². The quantitative estimate of drug-likeness (QED) is 0.809. The third-order valence-electron chi connectivity index (χ3n) is 1.46. The van der Waals surface area contributed by atoms with Gasteiger partial charge in [0.25, 0.3) is 0 Å². The molecule has 0 unspecified atom stereocenters. The molecule has 0 saturated heterocycles. The molecule has 0 aliphatic carbocycles. The minimum Gasteiger partial charge on any atom is -0.475 e. The summed E-state index contributed by atoms with van der Waals surface area (Å²) in [6.45, 7) is 3.28. The van der Waals surface area contributed by atoms with E-state index in [4.69, 9.17) is 4.74 Å². The standard InChI is InChI=1S/C8H12BrN3O/c1-6-8(13-4-3-10-2)11-5-7(9)12-6/h5,10H,3-4H2,1-2H3. The van der Waals surface area contributed by atoms with Crippen molar-refractivity contribution in [3.8, 4) is 5.88 Å². The maximum absolute atomic E-state index is 5.38. The maximum Gasteiger partial charge on any atom is 0.235 e. The summed E-state index contributed by atoms with van der Waals surface area (Å²) in [5, 5.41) is 2.99. The summed E-state index contributed by atoms with van der Waals surface area (Å²) in [4.78, 5) is 8.25. The Kier molecular flexibility index (Phi) is 4.11. The normalized spacial score (nSPS) is 10.1. The molecule has 0 aliphatic heterocycles. The molecular formula is C8H12BrN3O. The molecule has 0 amide bonds. The average molecular weight is 246 g/mol. The van der Waals surface area contributed by atoms with Crippen LogP contribution < -0.4 is 10.1 Å². The van der Waals surface area contributed by atoms with E-state index < -0.39 is 0 Å². The first-order valence-electron chi connectivity index (χ1n) is 4.00. The van der Waals surface area contributed by atoms with Crippen LogP contribution in [0.15, 0.2) is 10.8 Å². The van der Waals surface area contributed by atoms with E-state index in [1.807, 2.05) is 14.0 Å². The molecule has 0 spiro atoms. The number of likely N-dealkylation sites (N-methyl/N-ethyl adjacent to an activating group) is 1. The van der Waals surface area contributed by atoms with Gasteiger partial charge in [-0.25, -0.2) is 9.97 Å². The van der Waals surface area contributed by atoms with Crippen molar-refractivity contribution < 1.29 is 4.74 Å². The maximum atomic E-state index is 5.38. The van der Waals surface area contributed by atoms with E-state index in [0.29, 0.717) is 12.5 Å². The first kappa shape index (κ1) is 10.4. The summed E-state index contributed by atoms with van der Waals surface area (Å²) in [6, 6.07) is 0. The molecule has 1 aromatic heterocycles. The Morgan fingerprint density at radius 3 is 3.00 bits per heavy atom. The van der Waals surface area contributed by atoms with Gasteiger partial charge in [-0.2, -0.15) is 0 Å². The van der Waals surface area contributed by atoms with Crippen molar-refractivity contribution in [1.82, 2.24) is 15.3 Å². The van der Waals surface area contributed by atoms with Crippen molar-refractivity contribution in [3.63, 3.8) is 0 Å². The van der Waals surface area contributed by atoms with Crippen molar-refractivity contribution in [2.24, 2.45) is 0 Å². The average Bonchev–Trinajstić information content (AvgIpc) is 2.09. The Morgan fingerprint density at radius 1 is 1.62 bits per heavy atom. The Labute approximate surface area is 85.9 Å². The van der Waals surface area contributed by atoms with Crippen molar-refractivity contribution >= 4 is 15.9 Å². The summed E-state index contributed by atoms with van der Waals surface area (Å²) in [5.74, 6) is 0.596. The van der Waals surface area contributed by atoms with Crippen LogP contribution in [0, 0.1) is 6.92 Å². The van der Waals surface area contributed by atoms with Crippen molar-refractivity contribution in [3.05, 3.63) is 16.5 Å². The second kappa shape index (κ2) is 5.14. The van der Waals surface area contributed by atoms with Crippen LogP contribution in [-0.2, 0) is 0 Å². The van der Waals surface area contributed by atoms with Gasteiger partial charge in [0.15, 0.2) is 0 Å². The number of aryl methyl sites for hydroxylation is 1. The fourth-order valence-electron chi connectivity index (χ4n) is 0.834. The van der Waals surface area contributed by atoms with Crippen LogP contribution in [0.3, 0.4) is 0 Å². The second-order valence-electron chi connectivity index (χ2n) is 2.54. The Bertz CT molecular complexity index is 280. The van der Waals surface area contributed by atoms with Crippen LogP contribution in [0.25, 0.3) is 0 Å². The fourth-order valence-corrected chi connectivity index (χ4v) is 1.20. The number of ether oxygens (including phenoxy) is 1. The lowest BCUT2D eigenvalue weighted by Gasteiger charge is -2.06. The molecule has 72 valence electrons. The largest absolute Gasteiger partial charge is 0.475 e. The molecule has 0 aromatic carbocycles. The van der Waals surface area contributed by atoms with Crippen molar-refractivity contribution in [1.29, 1.82) is 0 Å². The van der Waals surface area contributed by atoms with Crippen LogP contribution in [0.1, 0.15) is 5.69 Å². The topological polar surface area (TPSA) is 47.0 Å². The Hall–Kier alpha value is -0.680. The van der Waals surface area contributed by atoms with Gasteiger partial charge >= 0.3 is 0 Å². The lowest BCUT2D eigenvalue weighted by atomic mass is 10.5. The summed E-state index contributed by atoms with van der Waals surface area (Å²) in [6.07, 6.45) is 1.63. The number of hydrogen-bond donors (Lipinski definition) is 1. The molecule has 4 nitrogen and oxygen atoms in total. The predicted octanol–water partition coefficient (Wildman–Crippen LogP) is 1.15. The number of hydrogen-bond acceptors (Lipinski definition) is 4. The third kappa shape index (κ3) is 3.28. The zero-order valence-corrected chi connectivity index (χ0v) is 9.26. The van der Waals surface area contributed by atoms with Crippen molar-refractivity contribution in [2.75, 3.05) is 20.2 Å². The van der Waals surface area contributed by atoms with Gasteiger partial charge in [-0.05, 0) is 29.9 Å². The summed E-state index contributed by atoms with van der Waals surface area (Å²) in [5.41, 5.74) is 0.797. The minimum absolute atomic E-state index is 0.596. The summed E-state index contributed by atoms with van der Waals surface area (Å²) < 4.78 is 6.10. The molecule has 13 heavy (non-hydrogen) atoms. The van der Waals surface area contributed by atoms with E-state index >= 15 is 0 Å². The molecule has 1 aromatic rings. The van der Waals surface area contributed by atoms with E-state index in [1.165, 1.54) is 0 Å². The van der Waals surface area contributed by atoms with Crippen LogP contribution in [0.5, 0.6) is 5.88 Å². The van der Waals surface area contributed by atoms with Gasteiger partial charge in [0.1, 0.15) is 16.9 Å². The van der Waals surface area contributed by atoms with Gasteiger partial charge in [0, 0.05) is 6.54 Å². The van der Waals surface area contributed by atoms with Gasteiger partial charge in [0.05, 0.1) is 6.20 Å². The van der Waals surface area contributed by atoms with Gasteiger partial charge < -0.3 is 10.1 Å². The fraction of sp³-hybridized carbons (Fsp3) is 0.500. The Balaban J connectivity index is 2.56. The van der Waals surface area contributed by atoms with E-state index in [9.17, 15) is 0 Å². The molecule has 1 heterocycles. The van der Waals surface area contributed by atoms with Crippen molar-refractivity contribution in [2.45, 2.75) is 6.92 Å². The molecule has 5 heteroatoms. The highest BCUT2D eigenvalue weighted by atomic mass is 79.9.